The van der Waals surface area contributed by atoms with Gasteiger partial charge in [0.05, 0.1) is 23.3 Å². The van der Waals surface area contributed by atoms with Crippen LogP contribution in [-0.2, 0) is 25.7 Å². The number of anilines is 1. The maximum atomic E-state index is 14.2. The van der Waals surface area contributed by atoms with Crippen LogP contribution in [0.1, 0.15) is 96.6 Å². The van der Waals surface area contributed by atoms with Gasteiger partial charge in [0.1, 0.15) is 41.9 Å². The Labute approximate surface area is 405 Å². The van der Waals surface area contributed by atoms with E-state index in [0.717, 1.165) is 37.6 Å². The number of amides is 3. The zero-order chi connectivity index (χ0) is 49.0. The van der Waals surface area contributed by atoms with Crippen LogP contribution < -0.4 is 20.3 Å². The summed E-state index contributed by atoms with van der Waals surface area (Å²) in [6.45, 7) is 22.0. The number of hydrogen-bond acceptors (Lipinski definition) is 11. The lowest BCUT2D eigenvalue weighted by molar-refractivity contribution is -0.196. The highest BCUT2D eigenvalue weighted by molar-refractivity contribution is 6.31. The Balaban J connectivity index is 0.964. The number of piperazine rings is 1. The summed E-state index contributed by atoms with van der Waals surface area (Å²) in [4.78, 5) is 65.6. The molecule has 0 unspecified atom stereocenters. The van der Waals surface area contributed by atoms with Crippen molar-refractivity contribution in [2.24, 2.45) is 28.1 Å². The third-order valence-electron chi connectivity index (χ3n) is 13.8. The van der Waals surface area contributed by atoms with Gasteiger partial charge in [0.2, 0.25) is 17.7 Å². The van der Waals surface area contributed by atoms with E-state index in [1.54, 1.807) is 36.5 Å². The van der Waals surface area contributed by atoms with Gasteiger partial charge in [-0.2, -0.15) is 5.26 Å². The number of halogens is 2. The molecule has 1 saturated carbocycles. The molecule has 1 aromatic heterocycles. The number of aliphatic hydroxyl groups is 1. The van der Waals surface area contributed by atoms with Crippen LogP contribution in [0.5, 0.6) is 5.75 Å². The Morgan fingerprint density at radius 2 is 1.64 bits per heavy atom. The van der Waals surface area contributed by atoms with Gasteiger partial charge in [0, 0.05) is 92.3 Å². The van der Waals surface area contributed by atoms with Gasteiger partial charge in [0.15, 0.2) is 5.78 Å². The first-order valence-electron chi connectivity index (χ1n) is 23.3. The molecule has 4 atom stereocenters. The molecule has 3 amide bonds. The average molecular weight is 961 g/mol. The molecule has 2 aliphatic heterocycles. The highest BCUT2D eigenvalue weighted by Crippen LogP contribution is 2.61. The van der Waals surface area contributed by atoms with Gasteiger partial charge in [-0.25, -0.2) is 4.98 Å². The first kappa shape index (κ1) is 51.6. The summed E-state index contributed by atoms with van der Waals surface area (Å²) in [6, 6.07) is 16.1. The highest BCUT2D eigenvalue weighted by atomic mass is 35.5. The molecule has 3 fully saturated rings. The number of rotatable bonds is 17. The van der Waals surface area contributed by atoms with Crippen LogP contribution in [-0.4, -0.2) is 120 Å². The van der Waals surface area contributed by atoms with E-state index in [2.05, 4.69) is 54.2 Å². The van der Waals surface area contributed by atoms with E-state index in [1.807, 2.05) is 58.9 Å². The number of Topliss-reactive ketones (excluding diaryl/α,β-unsaturated/α-hetero) is 1. The van der Waals surface area contributed by atoms with Crippen LogP contribution in [0.25, 0.3) is 0 Å². The largest absolute Gasteiger partial charge is 0.489 e. The second kappa shape index (κ2) is 21.2. The first-order valence-corrected chi connectivity index (χ1v) is 24.0. The van der Waals surface area contributed by atoms with Crippen molar-refractivity contribution in [1.29, 1.82) is 5.26 Å². The van der Waals surface area contributed by atoms with E-state index in [0.29, 0.717) is 46.5 Å². The average Bonchev–Trinajstić information content (AvgIpc) is 3.68. The monoisotopic (exact) mass is 959 g/mol. The number of pyridine rings is 1. The molecule has 67 heavy (non-hydrogen) atoms. The van der Waals surface area contributed by atoms with Crippen LogP contribution in [0.15, 0.2) is 60.8 Å². The molecule has 0 spiro atoms. The summed E-state index contributed by atoms with van der Waals surface area (Å²) in [5.74, 6) is 0.0921. The number of ether oxygens (including phenoxy) is 2. The number of carbonyl (C=O) groups is 4. The lowest BCUT2D eigenvalue weighted by atomic mass is 9.44. The van der Waals surface area contributed by atoms with Gasteiger partial charge in [0.25, 0.3) is 0 Å². The molecule has 3 N–H and O–H groups in total. The normalized spacial score (nSPS) is 22.3. The molecule has 3 aromatic rings. The molecule has 2 saturated heterocycles. The molecule has 16 heteroatoms. The molecule has 14 nitrogen and oxygen atoms in total. The summed E-state index contributed by atoms with van der Waals surface area (Å²) >= 11 is 12.3. The van der Waals surface area contributed by atoms with Gasteiger partial charge in [-0.3, -0.25) is 24.1 Å². The molecular formula is C51H67Cl2N7O7. The molecule has 0 radical (unpaired) electrons. The molecule has 3 aliphatic rings. The number of carbonyl (C=O) groups excluding carboxylic acids is 4. The predicted octanol–water partition coefficient (Wildman–Crippen LogP) is 6.93. The van der Waals surface area contributed by atoms with E-state index >= 15 is 0 Å². The summed E-state index contributed by atoms with van der Waals surface area (Å²) in [5.41, 5.74) is 0.513. The van der Waals surface area contributed by atoms with Gasteiger partial charge in [-0.1, -0.05) is 97.6 Å². The fourth-order valence-electron chi connectivity index (χ4n) is 10.2. The number of aromatic nitrogens is 1. The van der Waals surface area contributed by atoms with Crippen molar-refractivity contribution in [2.45, 2.75) is 112 Å². The summed E-state index contributed by atoms with van der Waals surface area (Å²) in [6.07, 6.45) is 0.270. The topological polar surface area (TPSA) is 177 Å². The van der Waals surface area contributed by atoms with Crippen LogP contribution in [0.3, 0.4) is 0 Å². The van der Waals surface area contributed by atoms with E-state index in [9.17, 15) is 29.5 Å². The first-order chi connectivity index (χ1) is 31.5. The van der Waals surface area contributed by atoms with Crippen molar-refractivity contribution in [2.75, 3.05) is 50.8 Å². The Morgan fingerprint density at radius 3 is 2.22 bits per heavy atom. The zero-order valence-corrected chi connectivity index (χ0v) is 41.8. The predicted molar refractivity (Wildman–Crippen MR) is 259 cm³/mol. The summed E-state index contributed by atoms with van der Waals surface area (Å²) in [7, 11) is 0. The summed E-state index contributed by atoms with van der Waals surface area (Å²) in [5, 5.41) is 26.6. The van der Waals surface area contributed by atoms with Crippen LogP contribution in [0, 0.1) is 39.4 Å². The van der Waals surface area contributed by atoms with Crippen molar-refractivity contribution in [3.8, 4) is 11.8 Å². The van der Waals surface area contributed by atoms with Gasteiger partial charge < -0.3 is 35.0 Å². The van der Waals surface area contributed by atoms with Crippen LogP contribution in [0.2, 0.25) is 10.0 Å². The van der Waals surface area contributed by atoms with Crippen molar-refractivity contribution in [1.82, 2.24) is 25.4 Å². The maximum Gasteiger partial charge on any atom is 0.250 e. The molecule has 1 aliphatic carbocycles. The number of ketones is 1. The van der Waals surface area contributed by atoms with Gasteiger partial charge >= 0.3 is 0 Å². The number of likely N-dealkylation sites (tertiary alicyclic amines) is 1. The lowest BCUT2D eigenvalue weighted by Gasteiger charge is -2.63. The number of aliphatic hydroxyl groups excluding tert-OH is 1. The van der Waals surface area contributed by atoms with Crippen molar-refractivity contribution in [3.63, 3.8) is 0 Å². The van der Waals surface area contributed by atoms with E-state index < -0.39 is 41.5 Å². The smallest absolute Gasteiger partial charge is 0.250 e. The fourth-order valence-corrected chi connectivity index (χ4v) is 10.5. The number of hydrogen-bond donors (Lipinski definition) is 3. The van der Waals surface area contributed by atoms with Gasteiger partial charge in [-0.15, -0.1) is 0 Å². The number of β-amino-alcohol motifs (C(OH)–C–C–N with tert-alkyl or cyclic N) is 1. The molecule has 362 valence electrons. The minimum Gasteiger partial charge on any atom is -0.489 e. The highest BCUT2D eigenvalue weighted by Gasteiger charge is 2.63. The molecule has 2 aromatic carbocycles. The van der Waals surface area contributed by atoms with E-state index in [1.165, 1.54) is 4.90 Å². The third-order valence-corrected chi connectivity index (χ3v) is 14.4. The number of nitriles is 1. The standard InChI is InChI=1S/C51H67Cl2N7O7/c1-31(2)43(46(64)57-44(49(3,4)5)47(65)60-30-36(61)24-39(60)45(63)56-28-32-10-14-35(52)15-11-32)66-23-22-58-18-20-59(21-19-58)42-17-13-34(29-55-42)40(62)26-41-50(6,7)48(51(41,8)9)67-37-16-12-33(27-54)38(53)25-37/h10-17,25,29,31,36,39,41,43-44,48,61H,18-24,26,28,30H2,1-9H3,(H,56,63)(H,57,64)/t36-,39+,41?,43+,44-,48?/m1/s1. The number of benzene rings is 2. The maximum absolute atomic E-state index is 14.2. The summed E-state index contributed by atoms with van der Waals surface area (Å²) < 4.78 is 12.6. The fraction of sp³-hybridized carbons (Fsp3) is 0.569. The van der Waals surface area contributed by atoms with Crippen molar-refractivity contribution < 1.29 is 33.8 Å². The molecule has 3 heterocycles. The quantitative estimate of drug-likeness (QED) is 0.120. The molecular weight excluding hydrogens is 894 g/mol. The second-order valence-electron chi connectivity index (χ2n) is 20.9. The molecule has 6 rings (SSSR count). The Bertz CT molecular complexity index is 2270. The van der Waals surface area contributed by atoms with Gasteiger partial charge in [-0.05, 0) is 59.2 Å². The number of nitrogens with one attached hydrogen (secondary N) is 2. The Morgan fingerprint density at radius 1 is 0.970 bits per heavy atom. The van der Waals surface area contributed by atoms with E-state index in [-0.39, 0.29) is 60.0 Å². The van der Waals surface area contributed by atoms with Crippen molar-refractivity contribution in [3.05, 3.63) is 87.5 Å². The molecule has 0 bridgehead atoms. The second-order valence-corrected chi connectivity index (χ2v) is 21.7. The zero-order valence-electron chi connectivity index (χ0n) is 40.3. The minimum absolute atomic E-state index is 0.0192. The number of nitrogens with zero attached hydrogens (tertiary/aromatic N) is 5. The van der Waals surface area contributed by atoms with Crippen molar-refractivity contribution >= 4 is 52.5 Å². The third kappa shape index (κ3) is 12.1. The lowest BCUT2D eigenvalue weighted by Crippen LogP contribution is -2.66. The Hall–Kier alpha value is -4.78. The Kier molecular flexibility index (Phi) is 16.4. The minimum atomic E-state index is -0.978. The van der Waals surface area contributed by atoms with Crippen LogP contribution >= 0.6 is 23.2 Å². The SMILES string of the molecule is CC(C)[C@H](OCCN1CCN(c2ccc(C(=O)CC3C(C)(C)C(Oc4ccc(C#N)c(Cl)c4)C3(C)C)cn2)CC1)C(=O)N[C@H](C(=O)N1C[C@H](O)C[C@H]1C(=O)NCc1ccc(Cl)cc1)C(C)(C)C. The van der Waals surface area contributed by atoms with Crippen LogP contribution in [0.4, 0.5) is 5.82 Å². The van der Waals surface area contributed by atoms with E-state index in [4.69, 9.17) is 37.7 Å².